The summed E-state index contributed by atoms with van der Waals surface area (Å²) < 4.78 is 7.26. The number of nitrogens with zero attached hydrogens (tertiary/aromatic N) is 5. The van der Waals surface area contributed by atoms with Crippen molar-refractivity contribution in [2.75, 3.05) is 7.11 Å². The van der Waals surface area contributed by atoms with Gasteiger partial charge >= 0.3 is 0 Å². The predicted octanol–water partition coefficient (Wildman–Crippen LogP) is 5.77. The number of hydrogen-bond donors (Lipinski definition) is 1. The van der Waals surface area contributed by atoms with Crippen LogP contribution in [0.5, 0.6) is 5.75 Å². The molecule has 0 spiro atoms. The largest absolute Gasteiger partial charge is 0.497 e. The second-order valence-electron chi connectivity index (χ2n) is 10.9. The maximum atomic E-state index is 13.8. The molecule has 5 rings (SSSR count). The van der Waals surface area contributed by atoms with Gasteiger partial charge in [0.05, 0.1) is 12.6 Å². The number of H-pyrrole nitrogens is 1. The SMILES string of the molecule is CCC(C)(C)n1nnnc1[C@H](c1cc2ccc(C)cc2[nH]c1=O)N(Cc1ccccc1)Cc1ccc(OC)cc1. The van der Waals surface area contributed by atoms with E-state index in [1.165, 1.54) is 0 Å². The number of benzene rings is 3. The van der Waals surface area contributed by atoms with Crippen LogP contribution in [0, 0.1) is 6.92 Å². The van der Waals surface area contributed by atoms with Crippen LogP contribution in [0.4, 0.5) is 0 Å². The number of nitrogens with one attached hydrogen (secondary N) is 1. The molecular weight excluding hydrogens is 500 g/mol. The normalized spacial score (nSPS) is 12.7. The molecule has 8 heteroatoms. The fourth-order valence-corrected chi connectivity index (χ4v) is 5.00. The zero-order valence-electron chi connectivity index (χ0n) is 23.8. The van der Waals surface area contributed by atoms with E-state index >= 15 is 0 Å². The molecule has 1 N–H and O–H groups in total. The van der Waals surface area contributed by atoms with Crippen molar-refractivity contribution < 1.29 is 4.74 Å². The smallest absolute Gasteiger partial charge is 0.253 e. The van der Waals surface area contributed by atoms with E-state index < -0.39 is 6.04 Å². The van der Waals surface area contributed by atoms with Crippen LogP contribution >= 0.6 is 0 Å². The van der Waals surface area contributed by atoms with Crippen LogP contribution in [0.1, 0.15) is 61.3 Å². The molecular formula is C32H36N6O2. The number of fused-ring (bicyclic) bond motifs is 1. The molecule has 0 fully saturated rings. The summed E-state index contributed by atoms with van der Waals surface area (Å²) in [6.07, 6.45) is 0.822. The maximum absolute atomic E-state index is 13.8. The first-order valence-corrected chi connectivity index (χ1v) is 13.6. The van der Waals surface area contributed by atoms with E-state index in [1.54, 1.807) is 7.11 Å². The van der Waals surface area contributed by atoms with Crippen molar-refractivity contribution in [3.05, 3.63) is 117 Å². The molecule has 0 aliphatic heterocycles. The van der Waals surface area contributed by atoms with Gasteiger partial charge in [-0.15, -0.1) is 5.10 Å². The third-order valence-electron chi connectivity index (χ3n) is 7.64. The molecule has 2 heterocycles. The molecule has 0 radical (unpaired) electrons. The molecule has 0 bridgehead atoms. The number of tetrazole rings is 1. The lowest BCUT2D eigenvalue weighted by Gasteiger charge is -2.33. The summed E-state index contributed by atoms with van der Waals surface area (Å²) in [6, 6.07) is 25.9. The first-order chi connectivity index (χ1) is 19.3. The van der Waals surface area contributed by atoms with Crippen molar-refractivity contribution >= 4 is 10.9 Å². The van der Waals surface area contributed by atoms with E-state index in [1.807, 2.05) is 60.1 Å². The summed E-state index contributed by atoms with van der Waals surface area (Å²) >= 11 is 0. The van der Waals surface area contributed by atoms with E-state index in [9.17, 15) is 4.79 Å². The minimum absolute atomic E-state index is 0.153. The van der Waals surface area contributed by atoms with Gasteiger partial charge in [-0.3, -0.25) is 9.69 Å². The summed E-state index contributed by atoms with van der Waals surface area (Å²) in [5, 5.41) is 14.1. The minimum atomic E-state index is -0.516. The number of aromatic nitrogens is 5. The average Bonchev–Trinajstić information content (AvgIpc) is 3.45. The van der Waals surface area contributed by atoms with Gasteiger partial charge in [0.15, 0.2) is 5.82 Å². The molecule has 5 aromatic rings. The van der Waals surface area contributed by atoms with Gasteiger partial charge in [0.1, 0.15) is 11.8 Å². The van der Waals surface area contributed by atoms with Gasteiger partial charge in [-0.2, -0.15) is 0 Å². The topological polar surface area (TPSA) is 88.9 Å². The van der Waals surface area contributed by atoms with Crippen molar-refractivity contribution in [3.8, 4) is 5.75 Å². The second-order valence-corrected chi connectivity index (χ2v) is 10.9. The zero-order chi connectivity index (χ0) is 28.3. The maximum Gasteiger partial charge on any atom is 0.253 e. The van der Waals surface area contributed by atoms with Crippen molar-refractivity contribution in [1.29, 1.82) is 0 Å². The lowest BCUT2D eigenvalue weighted by Crippen LogP contribution is -2.38. The highest BCUT2D eigenvalue weighted by atomic mass is 16.5. The van der Waals surface area contributed by atoms with Crippen LogP contribution in [-0.2, 0) is 18.6 Å². The molecule has 8 nitrogen and oxygen atoms in total. The van der Waals surface area contributed by atoms with Crippen molar-refractivity contribution in [3.63, 3.8) is 0 Å². The van der Waals surface area contributed by atoms with Crippen molar-refractivity contribution in [2.24, 2.45) is 0 Å². The van der Waals surface area contributed by atoms with Gasteiger partial charge in [-0.1, -0.05) is 61.5 Å². The van der Waals surface area contributed by atoms with Gasteiger partial charge in [-0.25, -0.2) is 4.68 Å². The monoisotopic (exact) mass is 536 g/mol. The Kier molecular flexibility index (Phi) is 7.80. The van der Waals surface area contributed by atoms with Crippen molar-refractivity contribution in [1.82, 2.24) is 30.1 Å². The molecule has 206 valence electrons. The Morgan fingerprint density at radius 2 is 1.68 bits per heavy atom. The number of methoxy groups -OCH3 is 1. The Hall–Kier alpha value is -4.30. The van der Waals surface area contributed by atoms with Crippen molar-refractivity contribution in [2.45, 2.75) is 58.8 Å². The van der Waals surface area contributed by atoms with Gasteiger partial charge < -0.3 is 9.72 Å². The van der Waals surface area contributed by atoms with E-state index in [4.69, 9.17) is 4.74 Å². The standard InChI is InChI=1S/C32H36N6O2/c1-6-32(3,4)38-30(34-35-36-38)29(27-19-25-15-12-22(2)18-28(25)33-31(27)39)37(20-23-10-8-7-9-11-23)21-24-13-16-26(40-5)17-14-24/h7-19,29H,6,20-21H2,1-5H3,(H,33,39)/t29-/m0/s1. The van der Waals surface area contributed by atoms with Crippen LogP contribution in [0.25, 0.3) is 10.9 Å². The van der Waals surface area contributed by atoms with E-state index in [2.05, 4.69) is 76.5 Å². The molecule has 0 saturated heterocycles. The lowest BCUT2D eigenvalue weighted by molar-refractivity contribution is 0.180. The Morgan fingerprint density at radius 3 is 2.35 bits per heavy atom. The van der Waals surface area contributed by atoms with E-state index in [0.29, 0.717) is 24.5 Å². The van der Waals surface area contributed by atoms with Gasteiger partial charge in [0, 0.05) is 24.2 Å². The average molecular weight is 537 g/mol. The Bertz CT molecular complexity index is 1640. The third kappa shape index (κ3) is 5.67. The second kappa shape index (κ2) is 11.4. The summed E-state index contributed by atoms with van der Waals surface area (Å²) in [6.45, 7) is 9.51. The van der Waals surface area contributed by atoms with Crippen LogP contribution in [-0.4, -0.2) is 37.2 Å². The van der Waals surface area contributed by atoms with Crippen LogP contribution in [0.15, 0.2) is 83.7 Å². The first-order valence-electron chi connectivity index (χ1n) is 13.6. The summed E-state index contributed by atoms with van der Waals surface area (Å²) in [5.74, 6) is 1.43. The van der Waals surface area contributed by atoms with Gasteiger partial charge in [0.25, 0.3) is 5.56 Å². The Balaban J connectivity index is 1.72. The number of hydrogen-bond acceptors (Lipinski definition) is 6. The molecule has 40 heavy (non-hydrogen) atoms. The highest BCUT2D eigenvalue weighted by Gasteiger charge is 2.34. The van der Waals surface area contributed by atoms with Crippen LogP contribution in [0.3, 0.4) is 0 Å². The predicted molar refractivity (Wildman–Crippen MR) is 157 cm³/mol. The molecule has 0 aliphatic carbocycles. The third-order valence-corrected chi connectivity index (χ3v) is 7.64. The molecule has 0 unspecified atom stereocenters. The molecule has 0 amide bonds. The number of aromatic amines is 1. The Morgan fingerprint density at radius 1 is 0.975 bits per heavy atom. The minimum Gasteiger partial charge on any atom is -0.497 e. The van der Waals surface area contributed by atoms with E-state index in [0.717, 1.165) is 39.8 Å². The fourth-order valence-electron chi connectivity index (χ4n) is 5.00. The Labute approximate surface area is 234 Å². The molecule has 1 atom stereocenters. The van der Waals surface area contributed by atoms with E-state index in [-0.39, 0.29) is 11.1 Å². The first kappa shape index (κ1) is 27.3. The number of pyridine rings is 1. The molecule has 2 aromatic heterocycles. The van der Waals surface area contributed by atoms with Crippen LogP contribution < -0.4 is 10.3 Å². The zero-order valence-corrected chi connectivity index (χ0v) is 23.8. The quantitative estimate of drug-likeness (QED) is 0.244. The van der Waals surface area contributed by atoms with Gasteiger partial charge in [-0.05, 0) is 84.0 Å². The molecule has 3 aromatic carbocycles. The summed E-state index contributed by atoms with van der Waals surface area (Å²) in [5.41, 5.74) is 4.21. The number of rotatable bonds is 10. The molecule has 0 aliphatic rings. The highest BCUT2D eigenvalue weighted by molar-refractivity contribution is 5.79. The highest BCUT2D eigenvalue weighted by Crippen LogP contribution is 2.33. The van der Waals surface area contributed by atoms with Gasteiger partial charge in [0.2, 0.25) is 0 Å². The summed E-state index contributed by atoms with van der Waals surface area (Å²) in [7, 11) is 1.66. The summed E-state index contributed by atoms with van der Waals surface area (Å²) in [4.78, 5) is 19.2. The number of aryl methyl sites for hydroxylation is 1. The van der Waals surface area contributed by atoms with Crippen LogP contribution in [0.2, 0.25) is 0 Å². The lowest BCUT2D eigenvalue weighted by atomic mass is 9.98. The molecule has 0 saturated carbocycles. The fraction of sp³-hybridized carbons (Fsp3) is 0.312. The number of ether oxygens (including phenoxy) is 1.